The first kappa shape index (κ1) is 17.2. The largest absolute Gasteiger partial charge is 0.488 e. The van der Waals surface area contributed by atoms with Crippen LogP contribution in [0, 0.1) is 6.92 Å². The second-order valence-electron chi connectivity index (χ2n) is 6.13. The maximum Gasteiger partial charge on any atom is 0.363 e. The van der Waals surface area contributed by atoms with Crippen LogP contribution in [0.1, 0.15) is 21.6 Å². The average molecular weight is 375 g/mol. The lowest BCUT2D eigenvalue weighted by Crippen LogP contribution is -2.03. The zero-order valence-electron chi connectivity index (χ0n) is 14.7. The minimum absolute atomic E-state index is 0.269. The number of carbonyl (C=O) groups is 1. The SMILES string of the molecule is Cc1cccc(COc2ccccc2/C=C2\N=C(c3cccs3)OC2=O)c1. The molecule has 0 atom stereocenters. The number of aliphatic imine (C=N–C) groups is 1. The third kappa shape index (κ3) is 3.99. The van der Waals surface area contributed by atoms with Gasteiger partial charge in [-0.25, -0.2) is 9.79 Å². The molecule has 0 bridgehead atoms. The third-order valence-electron chi connectivity index (χ3n) is 4.04. The van der Waals surface area contributed by atoms with E-state index in [1.807, 2.05) is 53.9 Å². The van der Waals surface area contributed by atoms with Crippen molar-refractivity contribution in [3.05, 3.63) is 93.3 Å². The molecule has 27 heavy (non-hydrogen) atoms. The summed E-state index contributed by atoms with van der Waals surface area (Å²) in [5, 5.41) is 1.92. The molecule has 0 radical (unpaired) electrons. The molecule has 1 aliphatic rings. The van der Waals surface area contributed by atoms with Crippen LogP contribution in [0.2, 0.25) is 0 Å². The van der Waals surface area contributed by atoms with E-state index < -0.39 is 5.97 Å². The molecule has 4 rings (SSSR count). The van der Waals surface area contributed by atoms with Crippen LogP contribution in [0.3, 0.4) is 0 Å². The van der Waals surface area contributed by atoms with E-state index in [9.17, 15) is 4.79 Å². The Morgan fingerprint density at radius 2 is 2.00 bits per heavy atom. The first-order chi connectivity index (χ1) is 13.2. The smallest absolute Gasteiger partial charge is 0.363 e. The van der Waals surface area contributed by atoms with Gasteiger partial charge in [-0.15, -0.1) is 11.3 Å². The number of cyclic esters (lactones) is 1. The van der Waals surface area contributed by atoms with E-state index in [0.29, 0.717) is 18.3 Å². The normalized spacial score (nSPS) is 14.9. The number of ether oxygens (including phenoxy) is 2. The number of aryl methyl sites for hydroxylation is 1. The Morgan fingerprint density at radius 3 is 2.81 bits per heavy atom. The molecule has 0 aliphatic carbocycles. The molecule has 3 aromatic rings. The number of hydrogen-bond acceptors (Lipinski definition) is 5. The zero-order chi connectivity index (χ0) is 18.6. The molecule has 0 fully saturated rings. The van der Waals surface area contributed by atoms with Crippen LogP contribution in [-0.4, -0.2) is 11.9 Å². The topological polar surface area (TPSA) is 47.9 Å². The van der Waals surface area contributed by atoms with Crippen molar-refractivity contribution >= 4 is 29.3 Å². The monoisotopic (exact) mass is 375 g/mol. The first-order valence-corrected chi connectivity index (χ1v) is 9.41. The maximum atomic E-state index is 12.2. The van der Waals surface area contributed by atoms with E-state index >= 15 is 0 Å². The molecule has 0 amide bonds. The number of esters is 1. The minimum atomic E-state index is -0.452. The van der Waals surface area contributed by atoms with Crippen molar-refractivity contribution in [3.63, 3.8) is 0 Å². The molecule has 0 saturated carbocycles. The molecule has 0 N–H and O–H groups in total. The second-order valence-corrected chi connectivity index (χ2v) is 7.08. The number of nitrogens with zero attached hydrogens (tertiary/aromatic N) is 1. The second kappa shape index (κ2) is 7.60. The van der Waals surface area contributed by atoms with Crippen molar-refractivity contribution in [3.8, 4) is 5.75 Å². The van der Waals surface area contributed by atoms with E-state index in [-0.39, 0.29) is 5.70 Å². The van der Waals surface area contributed by atoms with Crippen LogP contribution < -0.4 is 4.74 Å². The van der Waals surface area contributed by atoms with Crippen LogP contribution >= 0.6 is 11.3 Å². The van der Waals surface area contributed by atoms with Gasteiger partial charge in [-0.1, -0.05) is 54.1 Å². The van der Waals surface area contributed by atoms with Crippen LogP contribution in [-0.2, 0) is 16.1 Å². The van der Waals surface area contributed by atoms with E-state index in [4.69, 9.17) is 9.47 Å². The van der Waals surface area contributed by atoms with Gasteiger partial charge in [0.05, 0.1) is 4.88 Å². The fraction of sp³-hybridized carbons (Fsp3) is 0.0909. The van der Waals surface area contributed by atoms with Gasteiger partial charge in [0.2, 0.25) is 5.90 Å². The van der Waals surface area contributed by atoms with Gasteiger partial charge in [0.25, 0.3) is 0 Å². The molecule has 2 heterocycles. The number of thiophene rings is 1. The molecule has 0 unspecified atom stereocenters. The Bertz CT molecular complexity index is 1040. The summed E-state index contributed by atoms with van der Waals surface area (Å²) >= 11 is 1.48. The molecular weight excluding hydrogens is 358 g/mol. The molecule has 1 aliphatic heterocycles. The number of rotatable bonds is 5. The average Bonchev–Trinajstić information content (AvgIpc) is 3.31. The quantitative estimate of drug-likeness (QED) is 0.467. The van der Waals surface area contributed by atoms with Gasteiger partial charge >= 0.3 is 5.97 Å². The van der Waals surface area contributed by atoms with Crippen molar-refractivity contribution in [1.82, 2.24) is 0 Å². The summed E-state index contributed by atoms with van der Waals surface area (Å²) < 4.78 is 11.3. The van der Waals surface area contributed by atoms with E-state index in [0.717, 1.165) is 16.0 Å². The molecular formula is C22H17NO3S. The predicted octanol–water partition coefficient (Wildman–Crippen LogP) is 4.98. The van der Waals surface area contributed by atoms with E-state index in [1.165, 1.54) is 16.9 Å². The summed E-state index contributed by atoms with van der Waals surface area (Å²) in [5.74, 6) is 0.588. The fourth-order valence-electron chi connectivity index (χ4n) is 2.76. The summed E-state index contributed by atoms with van der Waals surface area (Å²) in [6.45, 7) is 2.51. The molecule has 4 nitrogen and oxygen atoms in total. The van der Waals surface area contributed by atoms with E-state index in [1.54, 1.807) is 6.08 Å². The number of hydrogen-bond donors (Lipinski definition) is 0. The van der Waals surface area contributed by atoms with Crippen LogP contribution in [0.15, 0.2) is 76.7 Å². The lowest BCUT2D eigenvalue weighted by molar-refractivity contribution is -0.129. The molecule has 0 saturated heterocycles. The summed E-state index contributed by atoms with van der Waals surface area (Å²) in [4.78, 5) is 17.3. The predicted molar refractivity (Wildman–Crippen MR) is 107 cm³/mol. The van der Waals surface area contributed by atoms with Gasteiger partial charge in [0.15, 0.2) is 5.70 Å². The van der Waals surface area contributed by atoms with Gasteiger partial charge in [-0.3, -0.25) is 0 Å². The van der Waals surface area contributed by atoms with Gasteiger partial charge in [0, 0.05) is 5.56 Å². The van der Waals surface area contributed by atoms with Gasteiger partial charge in [-0.05, 0) is 36.1 Å². The van der Waals surface area contributed by atoms with E-state index in [2.05, 4.69) is 24.0 Å². The molecule has 1 aromatic heterocycles. The lowest BCUT2D eigenvalue weighted by Gasteiger charge is -2.09. The standard InChI is InChI=1S/C22H17NO3S/c1-15-6-4-7-16(12-15)14-25-19-9-3-2-8-17(19)13-18-22(24)26-21(23-18)20-10-5-11-27-20/h2-13H,14H2,1H3/b18-13-. The minimum Gasteiger partial charge on any atom is -0.488 e. The molecule has 134 valence electrons. The molecule has 2 aromatic carbocycles. The Hall–Kier alpha value is -3.18. The van der Waals surface area contributed by atoms with Crippen LogP contribution in [0.5, 0.6) is 5.75 Å². The Balaban J connectivity index is 1.57. The van der Waals surface area contributed by atoms with Crippen molar-refractivity contribution in [2.75, 3.05) is 0 Å². The summed E-state index contributed by atoms with van der Waals surface area (Å²) in [6.07, 6.45) is 1.70. The lowest BCUT2D eigenvalue weighted by atomic mass is 10.1. The zero-order valence-corrected chi connectivity index (χ0v) is 15.5. The number of benzene rings is 2. The van der Waals surface area contributed by atoms with Crippen molar-refractivity contribution in [1.29, 1.82) is 0 Å². The van der Waals surface area contributed by atoms with Crippen molar-refractivity contribution in [2.24, 2.45) is 4.99 Å². The van der Waals surface area contributed by atoms with Gasteiger partial charge in [0.1, 0.15) is 12.4 Å². The maximum absolute atomic E-state index is 12.2. The highest BCUT2D eigenvalue weighted by molar-refractivity contribution is 7.12. The number of carbonyl (C=O) groups excluding carboxylic acids is 1. The third-order valence-corrected chi connectivity index (χ3v) is 4.90. The van der Waals surface area contributed by atoms with Crippen LogP contribution in [0.25, 0.3) is 6.08 Å². The summed E-state index contributed by atoms with van der Waals surface area (Å²) in [5.41, 5.74) is 3.34. The van der Waals surface area contributed by atoms with Gasteiger partial charge in [-0.2, -0.15) is 0 Å². The first-order valence-electron chi connectivity index (χ1n) is 8.53. The molecule has 5 heteroatoms. The van der Waals surface area contributed by atoms with Crippen molar-refractivity contribution < 1.29 is 14.3 Å². The highest BCUT2D eigenvalue weighted by atomic mass is 32.1. The number of para-hydroxylation sites is 1. The Kier molecular flexibility index (Phi) is 4.85. The highest BCUT2D eigenvalue weighted by Gasteiger charge is 2.25. The fourth-order valence-corrected chi connectivity index (χ4v) is 3.41. The summed E-state index contributed by atoms with van der Waals surface area (Å²) in [6, 6.07) is 19.5. The van der Waals surface area contributed by atoms with Gasteiger partial charge < -0.3 is 9.47 Å². The van der Waals surface area contributed by atoms with Crippen LogP contribution in [0.4, 0.5) is 0 Å². The van der Waals surface area contributed by atoms with Crippen molar-refractivity contribution in [2.45, 2.75) is 13.5 Å². The Morgan fingerprint density at radius 1 is 1.11 bits per heavy atom. The molecule has 0 spiro atoms. The Labute approximate surface area is 161 Å². The summed E-state index contributed by atoms with van der Waals surface area (Å²) in [7, 11) is 0. The highest BCUT2D eigenvalue weighted by Crippen LogP contribution is 2.26.